The highest BCUT2D eigenvalue weighted by Crippen LogP contribution is 2.28. The Bertz CT molecular complexity index is 322. The molecule has 2 rings (SSSR count). The van der Waals surface area contributed by atoms with Crippen molar-refractivity contribution in [3.8, 4) is 0 Å². The maximum atomic E-state index is 9.20. The summed E-state index contributed by atoms with van der Waals surface area (Å²) in [5.74, 6) is 0.702. The number of thiophene rings is 1. The average molecular weight is 290 g/mol. The molecular formula is C11H16BrNOS. The van der Waals surface area contributed by atoms with Crippen LogP contribution in [0.3, 0.4) is 0 Å². The molecule has 4 heteroatoms. The molecule has 0 aliphatic heterocycles. The summed E-state index contributed by atoms with van der Waals surface area (Å²) < 4.78 is 1.20. The van der Waals surface area contributed by atoms with Gasteiger partial charge in [0.2, 0.25) is 0 Å². The van der Waals surface area contributed by atoms with Gasteiger partial charge in [0.25, 0.3) is 0 Å². The van der Waals surface area contributed by atoms with E-state index in [0.29, 0.717) is 5.92 Å². The molecule has 1 aliphatic rings. The van der Waals surface area contributed by atoms with Gasteiger partial charge in [-0.15, -0.1) is 11.3 Å². The minimum atomic E-state index is -0.0284. The number of rotatable bonds is 4. The van der Waals surface area contributed by atoms with Gasteiger partial charge in [-0.3, -0.25) is 0 Å². The Hall–Kier alpha value is 0.1000. The lowest BCUT2D eigenvalue weighted by atomic mass is 9.82. The molecule has 0 bridgehead atoms. The summed E-state index contributed by atoms with van der Waals surface area (Å²) in [5.41, 5.74) is 0. The lowest BCUT2D eigenvalue weighted by molar-refractivity contribution is 0.0275. The normalized spacial score (nSPS) is 25.6. The summed E-state index contributed by atoms with van der Waals surface area (Å²) in [6.07, 6.45) is 1.94. The Kier molecular flexibility index (Phi) is 3.83. The van der Waals surface area contributed by atoms with E-state index in [1.807, 2.05) is 0 Å². The van der Waals surface area contributed by atoms with Crippen molar-refractivity contribution >= 4 is 27.3 Å². The quantitative estimate of drug-likeness (QED) is 0.921. The maximum Gasteiger partial charge on any atom is 0.0701 e. The van der Waals surface area contributed by atoms with Crippen LogP contribution in [-0.2, 0) is 6.54 Å². The molecule has 0 atom stereocenters. The molecule has 0 unspecified atom stereocenters. The zero-order chi connectivity index (χ0) is 10.8. The first-order valence-electron chi connectivity index (χ1n) is 5.24. The van der Waals surface area contributed by atoms with Gasteiger partial charge in [0.15, 0.2) is 0 Å². The molecule has 1 aromatic heterocycles. The number of nitrogens with zero attached hydrogens (tertiary/aromatic N) is 1. The van der Waals surface area contributed by atoms with E-state index in [-0.39, 0.29) is 6.10 Å². The smallest absolute Gasteiger partial charge is 0.0701 e. The topological polar surface area (TPSA) is 23.5 Å². The van der Waals surface area contributed by atoms with E-state index in [2.05, 4.69) is 40.0 Å². The average Bonchev–Trinajstić information content (AvgIpc) is 2.48. The second-order valence-corrected chi connectivity index (χ2v) is 6.94. The third kappa shape index (κ3) is 3.28. The van der Waals surface area contributed by atoms with Crippen molar-refractivity contribution in [1.29, 1.82) is 0 Å². The van der Waals surface area contributed by atoms with E-state index in [9.17, 15) is 5.11 Å². The molecule has 0 aromatic carbocycles. The van der Waals surface area contributed by atoms with Crippen LogP contribution in [0.5, 0.6) is 0 Å². The second kappa shape index (κ2) is 4.95. The van der Waals surface area contributed by atoms with Gasteiger partial charge in [-0.05, 0) is 53.9 Å². The summed E-state index contributed by atoms with van der Waals surface area (Å²) >= 11 is 5.27. The van der Waals surface area contributed by atoms with Crippen LogP contribution < -0.4 is 0 Å². The van der Waals surface area contributed by atoms with Crippen molar-refractivity contribution in [2.75, 3.05) is 13.6 Å². The third-order valence-corrected chi connectivity index (χ3v) is 4.44. The molecule has 1 fully saturated rings. The molecule has 1 aromatic rings. The van der Waals surface area contributed by atoms with Crippen molar-refractivity contribution in [1.82, 2.24) is 4.90 Å². The summed E-state index contributed by atoms with van der Waals surface area (Å²) in [4.78, 5) is 3.73. The molecule has 0 amide bonds. The number of hydrogen-bond donors (Lipinski definition) is 1. The van der Waals surface area contributed by atoms with Crippen LogP contribution in [0.25, 0.3) is 0 Å². The fourth-order valence-corrected chi connectivity index (χ4v) is 3.62. The first-order chi connectivity index (χ1) is 7.13. The Morgan fingerprint density at radius 3 is 2.80 bits per heavy atom. The van der Waals surface area contributed by atoms with Gasteiger partial charge in [0.05, 0.1) is 9.89 Å². The highest BCUT2D eigenvalue weighted by Gasteiger charge is 2.27. The Morgan fingerprint density at radius 1 is 1.53 bits per heavy atom. The first-order valence-corrected chi connectivity index (χ1v) is 6.85. The Morgan fingerprint density at radius 2 is 2.27 bits per heavy atom. The lowest BCUT2D eigenvalue weighted by Crippen LogP contribution is -2.36. The first kappa shape index (κ1) is 11.6. The number of halogens is 1. The van der Waals surface area contributed by atoms with Crippen molar-refractivity contribution in [3.63, 3.8) is 0 Å². The maximum absolute atomic E-state index is 9.20. The number of aliphatic hydroxyl groups excluding tert-OH is 1. The summed E-state index contributed by atoms with van der Waals surface area (Å²) in [6.45, 7) is 2.12. The zero-order valence-corrected chi connectivity index (χ0v) is 11.2. The molecule has 1 aliphatic carbocycles. The zero-order valence-electron chi connectivity index (χ0n) is 8.82. The molecule has 0 spiro atoms. The van der Waals surface area contributed by atoms with Crippen molar-refractivity contribution < 1.29 is 5.11 Å². The second-order valence-electron chi connectivity index (χ2n) is 4.39. The minimum absolute atomic E-state index is 0.0284. The van der Waals surface area contributed by atoms with E-state index in [1.54, 1.807) is 11.3 Å². The SMILES string of the molecule is CN(Cc1ccc(Br)s1)CC1CC(O)C1. The highest BCUT2D eigenvalue weighted by molar-refractivity contribution is 9.11. The van der Waals surface area contributed by atoms with Crippen LogP contribution in [0.1, 0.15) is 17.7 Å². The molecule has 0 saturated heterocycles. The van der Waals surface area contributed by atoms with Gasteiger partial charge in [0.1, 0.15) is 0 Å². The van der Waals surface area contributed by atoms with Gasteiger partial charge < -0.3 is 10.0 Å². The van der Waals surface area contributed by atoms with Gasteiger partial charge in [0, 0.05) is 18.0 Å². The van der Waals surface area contributed by atoms with Gasteiger partial charge in [-0.25, -0.2) is 0 Å². The van der Waals surface area contributed by atoms with E-state index in [4.69, 9.17) is 0 Å². The van der Waals surface area contributed by atoms with Gasteiger partial charge in [-0.1, -0.05) is 0 Å². The Balaban J connectivity index is 1.75. The predicted molar refractivity (Wildman–Crippen MR) is 67.1 cm³/mol. The standard InChI is InChI=1S/C11H16BrNOS/c1-13(6-8-4-9(14)5-8)7-10-2-3-11(12)15-10/h2-3,8-9,14H,4-7H2,1H3. The summed E-state index contributed by atoms with van der Waals surface area (Å²) in [5, 5.41) is 9.20. The monoisotopic (exact) mass is 289 g/mol. The lowest BCUT2D eigenvalue weighted by Gasteiger charge is -2.34. The Labute approximate surface area is 103 Å². The van der Waals surface area contributed by atoms with Crippen LogP contribution in [0.2, 0.25) is 0 Å². The van der Waals surface area contributed by atoms with Crippen LogP contribution in [0.4, 0.5) is 0 Å². The molecule has 0 radical (unpaired) electrons. The molecular weight excluding hydrogens is 274 g/mol. The molecule has 1 heterocycles. The summed E-state index contributed by atoms with van der Waals surface area (Å²) in [7, 11) is 2.15. The van der Waals surface area contributed by atoms with Gasteiger partial charge >= 0.3 is 0 Å². The van der Waals surface area contributed by atoms with E-state index >= 15 is 0 Å². The predicted octanol–water partition coefficient (Wildman–Crippen LogP) is 2.71. The fraction of sp³-hybridized carbons (Fsp3) is 0.636. The molecule has 1 N–H and O–H groups in total. The molecule has 84 valence electrons. The third-order valence-electron chi connectivity index (χ3n) is 2.84. The van der Waals surface area contributed by atoms with Crippen molar-refractivity contribution in [3.05, 3.63) is 20.8 Å². The minimum Gasteiger partial charge on any atom is -0.393 e. The van der Waals surface area contributed by atoms with Crippen molar-refractivity contribution in [2.45, 2.75) is 25.5 Å². The number of hydrogen-bond acceptors (Lipinski definition) is 3. The van der Waals surface area contributed by atoms with Crippen LogP contribution in [0, 0.1) is 5.92 Å². The van der Waals surface area contributed by atoms with E-state index < -0.39 is 0 Å². The van der Waals surface area contributed by atoms with Crippen LogP contribution in [-0.4, -0.2) is 29.7 Å². The summed E-state index contributed by atoms with van der Waals surface area (Å²) in [6, 6.07) is 4.27. The van der Waals surface area contributed by atoms with E-state index in [1.165, 1.54) is 8.66 Å². The van der Waals surface area contributed by atoms with Crippen LogP contribution >= 0.6 is 27.3 Å². The molecule has 2 nitrogen and oxygen atoms in total. The fourth-order valence-electron chi connectivity index (χ4n) is 2.06. The highest BCUT2D eigenvalue weighted by atomic mass is 79.9. The van der Waals surface area contributed by atoms with Crippen LogP contribution in [0.15, 0.2) is 15.9 Å². The largest absolute Gasteiger partial charge is 0.393 e. The van der Waals surface area contributed by atoms with Gasteiger partial charge in [-0.2, -0.15) is 0 Å². The molecule has 1 saturated carbocycles. The molecule has 15 heavy (non-hydrogen) atoms. The number of aliphatic hydroxyl groups is 1. The van der Waals surface area contributed by atoms with E-state index in [0.717, 1.165) is 25.9 Å². The van der Waals surface area contributed by atoms with Crippen molar-refractivity contribution in [2.24, 2.45) is 5.92 Å².